The van der Waals surface area contributed by atoms with Gasteiger partial charge in [-0.05, 0) is 65.5 Å². The Balaban J connectivity index is 1.24. The summed E-state index contributed by atoms with van der Waals surface area (Å²) in [6.45, 7) is 0. The molecule has 0 N–H and O–H groups in total. The molecule has 11 rings (SSSR count). The lowest BCUT2D eigenvalue weighted by Gasteiger charge is -2.29. The van der Waals surface area contributed by atoms with Crippen molar-refractivity contribution in [2.45, 2.75) is 0 Å². The Kier molecular flexibility index (Phi) is 5.83. The van der Waals surface area contributed by atoms with Gasteiger partial charge in [0.1, 0.15) is 22.3 Å². The second kappa shape index (κ2) is 10.6. The van der Waals surface area contributed by atoms with E-state index in [1.165, 1.54) is 25.7 Å². The van der Waals surface area contributed by atoms with Crippen molar-refractivity contribution in [1.29, 1.82) is 0 Å². The third-order valence-electron chi connectivity index (χ3n) is 10.1. The lowest BCUT2D eigenvalue weighted by Crippen LogP contribution is -2.12. The smallest absolute Gasteiger partial charge is 0.143 e. The van der Waals surface area contributed by atoms with Crippen LogP contribution >= 0.6 is 11.3 Å². The van der Waals surface area contributed by atoms with Gasteiger partial charge in [0, 0.05) is 41.9 Å². The molecule has 0 aliphatic carbocycles. The fourth-order valence-electron chi connectivity index (χ4n) is 7.86. The van der Waals surface area contributed by atoms with Gasteiger partial charge in [0.05, 0.1) is 27.8 Å². The van der Waals surface area contributed by atoms with Crippen molar-refractivity contribution >= 4 is 103 Å². The predicted octanol–water partition coefficient (Wildman–Crippen LogP) is 14.1. The zero-order chi connectivity index (χ0) is 32.8. The molecule has 8 aromatic carbocycles. The first-order chi connectivity index (χ1) is 24.8. The molecule has 0 unspecified atom stereocenters. The predicted molar refractivity (Wildman–Crippen MR) is 212 cm³/mol. The molecule has 50 heavy (non-hydrogen) atoms. The summed E-state index contributed by atoms with van der Waals surface area (Å²) in [5, 5.41) is 9.20. The second-order valence-electron chi connectivity index (χ2n) is 12.8. The van der Waals surface area contributed by atoms with E-state index in [-0.39, 0.29) is 0 Å². The molecule has 0 aliphatic rings. The van der Waals surface area contributed by atoms with Crippen LogP contribution in [-0.4, -0.2) is 0 Å². The van der Waals surface area contributed by atoms with E-state index in [1.807, 2.05) is 23.5 Å². The van der Waals surface area contributed by atoms with Crippen molar-refractivity contribution in [2.24, 2.45) is 0 Å². The molecule has 0 saturated carbocycles. The monoisotopic (exact) mass is 657 g/mol. The SMILES string of the molecule is c1ccc(N(c2cccc3oc4ccccc4c23)c2cccc3oc4c5ccccc5ccc4c23)c(-c2ccc3c(c2)sc2ccccc23)c1. The Labute approximate surface area is 290 Å². The molecular weight excluding hydrogens is 631 g/mol. The quantitative estimate of drug-likeness (QED) is 0.189. The number of rotatable bonds is 4. The third kappa shape index (κ3) is 3.97. The number of nitrogens with zero attached hydrogens (tertiary/aromatic N) is 1. The van der Waals surface area contributed by atoms with Gasteiger partial charge in [-0.2, -0.15) is 0 Å². The highest BCUT2D eigenvalue weighted by atomic mass is 32.1. The number of fused-ring (bicyclic) bond motifs is 11. The maximum absolute atomic E-state index is 6.72. The van der Waals surface area contributed by atoms with Gasteiger partial charge in [-0.15, -0.1) is 11.3 Å². The molecule has 0 radical (unpaired) electrons. The molecule has 0 spiro atoms. The van der Waals surface area contributed by atoms with Crippen molar-refractivity contribution in [3.63, 3.8) is 0 Å². The Morgan fingerprint density at radius 1 is 0.400 bits per heavy atom. The fourth-order valence-corrected chi connectivity index (χ4v) is 9.00. The van der Waals surface area contributed by atoms with E-state index in [0.29, 0.717) is 0 Å². The molecule has 0 atom stereocenters. The highest BCUT2D eigenvalue weighted by Gasteiger charge is 2.25. The van der Waals surface area contributed by atoms with Crippen molar-refractivity contribution in [3.05, 3.63) is 164 Å². The van der Waals surface area contributed by atoms with Crippen molar-refractivity contribution in [3.8, 4) is 11.1 Å². The average molecular weight is 658 g/mol. The summed E-state index contributed by atoms with van der Waals surface area (Å²) in [6, 6.07) is 58.3. The average Bonchev–Trinajstić information content (AvgIpc) is 3.87. The standard InChI is InChI=1S/C46H27NO2S/c1-2-13-31-28(11-1)23-26-35-45-38(18-10-21-41(45)49-46(31)35)47(37-17-9-20-40-44(37)34-15-4-7-19-39(34)48-40)36-16-6-3-12-30(36)29-24-25-33-32-14-5-8-22-42(32)50-43(33)27-29/h1-27H. The van der Waals surface area contributed by atoms with Gasteiger partial charge in [0.25, 0.3) is 0 Å². The van der Waals surface area contributed by atoms with E-state index < -0.39 is 0 Å². The number of para-hydroxylation sites is 2. The van der Waals surface area contributed by atoms with E-state index >= 15 is 0 Å². The van der Waals surface area contributed by atoms with Crippen LogP contribution in [0.15, 0.2) is 173 Å². The molecule has 4 heteroatoms. The molecule has 0 aliphatic heterocycles. The highest BCUT2D eigenvalue weighted by Crippen LogP contribution is 2.50. The van der Waals surface area contributed by atoms with Crippen LogP contribution in [0.3, 0.4) is 0 Å². The largest absolute Gasteiger partial charge is 0.456 e. The molecule has 3 nitrogen and oxygen atoms in total. The van der Waals surface area contributed by atoms with Gasteiger partial charge in [-0.25, -0.2) is 0 Å². The van der Waals surface area contributed by atoms with E-state index in [4.69, 9.17) is 8.83 Å². The summed E-state index contributed by atoms with van der Waals surface area (Å²) in [5.74, 6) is 0. The summed E-state index contributed by atoms with van der Waals surface area (Å²) in [6.07, 6.45) is 0. The maximum Gasteiger partial charge on any atom is 0.143 e. The zero-order valence-corrected chi connectivity index (χ0v) is 27.6. The topological polar surface area (TPSA) is 29.5 Å². The minimum atomic E-state index is 0.854. The summed E-state index contributed by atoms with van der Waals surface area (Å²) >= 11 is 1.85. The van der Waals surface area contributed by atoms with Gasteiger partial charge in [-0.3, -0.25) is 0 Å². The van der Waals surface area contributed by atoms with Crippen LogP contribution < -0.4 is 4.90 Å². The Morgan fingerprint density at radius 2 is 1.02 bits per heavy atom. The summed E-state index contributed by atoms with van der Waals surface area (Å²) in [5.41, 5.74) is 8.97. The first-order valence-electron chi connectivity index (χ1n) is 16.8. The van der Waals surface area contributed by atoms with Crippen LogP contribution in [0.25, 0.3) is 85.9 Å². The van der Waals surface area contributed by atoms with E-state index in [0.717, 1.165) is 77.3 Å². The molecule has 11 aromatic rings. The molecule has 3 heterocycles. The lowest BCUT2D eigenvalue weighted by molar-refractivity contribution is 0.669. The molecule has 0 fully saturated rings. The molecule has 0 saturated heterocycles. The summed E-state index contributed by atoms with van der Waals surface area (Å²) in [7, 11) is 0. The maximum atomic E-state index is 6.72. The number of hydrogen-bond donors (Lipinski definition) is 0. The summed E-state index contributed by atoms with van der Waals surface area (Å²) < 4.78 is 15.8. The van der Waals surface area contributed by atoms with Crippen LogP contribution in [0.5, 0.6) is 0 Å². The molecule has 0 bridgehead atoms. The number of furan rings is 2. The lowest BCUT2D eigenvalue weighted by atomic mass is 9.98. The van der Waals surface area contributed by atoms with Crippen molar-refractivity contribution in [1.82, 2.24) is 0 Å². The summed E-state index contributed by atoms with van der Waals surface area (Å²) in [4.78, 5) is 2.42. The number of anilines is 3. The van der Waals surface area contributed by atoms with Crippen LogP contribution in [0.1, 0.15) is 0 Å². The highest BCUT2D eigenvalue weighted by molar-refractivity contribution is 7.25. The number of benzene rings is 8. The third-order valence-corrected chi connectivity index (χ3v) is 11.2. The minimum absolute atomic E-state index is 0.854. The second-order valence-corrected chi connectivity index (χ2v) is 13.9. The minimum Gasteiger partial charge on any atom is -0.456 e. The Morgan fingerprint density at radius 3 is 1.90 bits per heavy atom. The van der Waals surface area contributed by atoms with E-state index in [1.54, 1.807) is 0 Å². The Hall–Kier alpha value is -6.36. The first kappa shape index (κ1) is 27.6. The normalized spacial score (nSPS) is 12.0. The van der Waals surface area contributed by atoms with E-state index in [2.05, 4.69) is 157 Å². The Bertz CT molecular complexity index is 3130. The van der Waals surface area contributed by atoms with Crippen LogP contribution in [0.4, 0.5) is 17.1 Å². The molecule has 234 valence electrons. The van der Waals surface area contributed by atoms with Crippen molar-refractivity contribution < 1.29 is 8.83 Å². The van der Waals surface area contributed by atoms with Gasteiger partial charge < -0.3 is 13.7 Å². The van der Waals surface area contributed by atoms with Crippen LogP contribution in [0, 0.1) is 0 Å². The zero-order valence-electron chi connectivity index (χ0n) is 26.8. The van der Waals surface area contributed by atoms with Crippen LogP contribution in [-0.2, 0) is 0 Å². The number of thiophene rings is 1. The van der Waals surface area contributed by atoms with E-state index in [9.17, 15) is 0 Å². The van der Waals surface area contributed by atoms with Crippen LogP contribution in [0.2, 0.25) is 0 Å². The molecular formula is C46H27NO2S. The first-order valence-corrected chi connectivity index (χ1v) is 17.7. The molecule has 0 amide bonds. The fraction of sp³-hybridized carbons (Fsp3) is 0. The molecule has 3 aromatic heterocycles. The van der Waals surface area contributed by atoms with Gasteiger partial charge in [-0.1, -0.05) is 109 Å². The number of hydrogen-bond acceptors (Lipinski definition) is 4. The van der Waals surface area contributed by atoms with Gasteiger partial charge in [0.2, 0.25) is 0 Å². The van der Waals surface area contributed by atoms with Gasteiger partial charge in [0.15, 0.2) is 0 Å². The van der Waals surface area contributed by atoms with Crippen molar-refractivity contribution in [2.75, 3.05) is 4.90 Å². The van der Waals surface area contributed by atoms with Gasteiger partial charge >= 0.3 is 0 Å².